The SMILES string of the molecule is CC(C)(NCC(F)F)C1CC1. The summed E-state index contributed by atoms with van der Waals surface area (Å²) in [7, 11) is 0. The lowest BCUT2D eigenvalue weighted by Gasteiger charge is -2.25. The fourth-order valence-electron chi connectivity index (χ4n) is 1.29. The molecule has 1 fully saturated rings. The largest absolute Gasteiger partial charge is 0.306 e. The fraction of sp³-hybridized carbons (Fsp3) is 1.00. The zero-order valence-corrected chi connectivity index (χ0v) is 7.03. The Kier molecular flexibility index (Phi) is 2.47. The van der Waals surface area contributed by atoms with Crippen molar-refractivity contribution in [3.8, 4) is 0 Å². The molecule has 1 saturated carbocycles. The van der Waals surface area contributed by atoms with Gasteiger partial charge in [0.25, 0.3) is 6.43 Å². The van der Waals surface area contributed by atoms with E-state index in [1.807, 2.05) is 13.8 Å². The number of alkyl halides is 2. The Morgan fingerprint density at radius 2 is 2.00 bits per heavy atom. The first-order valence-electron chi connectivity index (χ1n) is 4.05. The van der Waals surface area contributed by atoms with E-state index in [1.165, 1.54) is 12.8 Å². The van der Waals surface area contributed by atoms with Gasteiger partial charge in [0.1, 0.15) is 0 Å². The number of rotatable bonds is 4. The highest BCUT2D eigenvalue weighted by atomic mass is 19.3. The second-order valence-electron chi connectivity index (χ2n) is 3.77. The topological polar surface area (TPSA) is 12.0 Å². The Labute approximate surface area is 66.2 Å². The second kappa shape index (κ2) is 3.05. The van der Waals surface area contributed by atoms with Crippen LogP contribution in [0.25, 0.3) is 0 Å². The summed E-state index contributed by atoms with van der Waals surface area (Å²) >= 11 is 0. The maximum Gasteiger partial charge on any atom is 0.250 e. The summed E-state index contributed by atoms with van der Waals surface area (Å²) in [6, 6.07) is 0. The van der Waals surface area contributed by atoms with Gasteiger partial charge in [-0.1, -0.05) is 0 Å². The van der Waals surface area contributed by atoms with Crippen LogP contribution in [0.3, 0.4) is 0 Å². The van der Waals surface area contributed by atoms with E-state index in [-0.39, 0.29) is 12.1 Å². The van der Waals surface area contributed by atoms with Gasteiger partial charge >= 0.3 is 0 Å². The van der Waals surface area contributed by atoms with Crippen molar-refractivity contribution in [3.63, 3.8) is 0 Å². The molecule has 0 amide bonds. The molecular weight excluding hydrogens is 148 g/mol. The first-order chi connectivity index (χ1) is 5.02. The smallest absolute Gasteiger partial charge is 0.250 e. The minimum absolute atomic E-state index is 0.0869. The van der Waals surface area contributed by atoms with Crippen LogP contribution in [-0.4, -0.2) is 18.5 Å². The van der Waals surface area contributed by atoms with Crippen LogP contribution in [0.1, 0.15) is 26.7 Å². The molecule has 0 bridgehead atoms. The van der Waals surface area contributed by atoms with E-state index in [0.717, 1.165) is 0 Å². The van der Waals surface area contributed by atoms with Crippen LogP contribution in [0.2, 0.25) is 0 Å². The summed E-state index contributed by atoms with van der Waals surface area (Å²) in [4.78, 5) is 0. The third kappa shape index (κ3) is 2.73. The Bertz CT molecular complexity index is 130. The van der Waals surface area contributed by atoms with Crippen LogP contribution in [0.5, 0.6) is 0 Å². The van der Waals surface area contributed by atoms with Crippen LogP contribution in [-0.2, 0) is 0 Å². The van der Waals surface area contributed by atoms with Crippen molar-refractivity contribution in [2.24, 2.45) is 5.92 Å². The normalized spacial score (nSPS) is 19.4. The monoisotopic (exact) mass is 163 g/mol. The summed E-state index contributed by atoms with van der Waals surface area (Å²) in [6.45, 7) is 3.81. The molecule has 0 heterocycles. The molecule has 0 saturated heterocycles. The first kappa shape index (κ1) is 8.91. The molecule has 3 heteroatoms. The number of hydrogen-bond acceptors (Lipinski definition) is 1. The van der Waals surface area contributed by atoms with Crippen LogP contribution in [0.15, 0.2) is 0 Å². The highest BCUT2D eigenvalue weighted by Gasteiger charge is 2.37. The number of hydrogen-bond donors (Lipinski definition) is 1. The van der Waals surface area contributed by atoms with E-state index in [4.69, 9.17) is 0 Å². The molecule has 0 aromatic heterocycles. The van der Waals surface area contributed by atoms with Crippen molar-refractivity contribution in [3.05, 3.63) is 0 Å². The fourth-order valence-corrected chi connectivity index (χ4v) is 1.29. The molecule has 0 spiro atoms. The third-order valence-electron chi connectivity index (χ3n) is 2.31. The third-order valence-corrected chi connectivity index (χ3v) is 2.31. The van der Waals surface area contributed by atoms with Gasteiger partial charge in [-0.15, -0.1) is 0 Å². The first-order valence-corrected chi connectivity index (χ1v) is 4.05. The minimum Gasteiger partial charge on any atom is -0.306 e. The van der Waals surface area contributed by atoms with Crippen molar-refractivity contribution in [2.45, 2.75) is 38.7 Å². The van der Waals surface area contributed by atoms with E-state index < -0.39 is 6.43 Å². The van der Waals surface area contributed by atoms with E-state index >= 15 is 0 Å². The molecule has 0 radical (unpaired) electrons. The highest BCUT2D eigenvalue weighted by molar-refractivity contribution is 4.94. The highest BCUT2D eigenvalue weighted by Crippen LogP contribution is 2.39. The second-order valence-corrected chi connectivity index (χ2v) is 3.77. The number of nitrogens with one attached hydrogen (secondary N) is 1. The van der Waals surface area contributed by atoms with E-state index in [2.05, 4.69) is 5.32 Å². The van der Waals surface area contributed by atoms with Crippen molar-refractivity contribution in [1.82, 2.24) is 5.32 Å². The summed E-state index contributed by atoms with van der Waals surface area (Å²) in [5.74, 6) is 0.612. The molecule has 66 valence electrons. The number of halogens is 2. The van der Waals surface area contributed by atoms with E-state index in [1.54, 1.807) is 0 Å². The Morgan fingerprint density at radius 1 is 1.45 bits per heavy atom. The zero-order valence-electron chi connectivity index (χ0n) is 7.03. The van der Waals surface area contributed by atoms with E-state index in [0.29, 0.717) is 5.92 Å². The van der Waals surface area contributed by atoms with Gasteiger partial charge in [-0.25, -0.2) is 8.78 Å². The lowest BCUT2D eigenvalue weighted by atomic mass is 9.99. The van der Waals surface area contributed by atoms with Gasteiger partial charge < -0.3 is 5.32 Å². The summed E-state index contributed by atoms with van der Waals surface area (Å²) in [5.41, 5.74) is -0.0869. The molecule has 1 rings (SSSR count). The van der Waals surface area contributed by atoms with E-state index in [9.17, 15) is 8.78 Å². The van der Waals surface area contributed by atoms with Gasteiger partial charge in [-0.05, 0) is 32.6 Å². The summed E-state index contributed by atoms with van der Waals surface area (Å²) in [6.07, 6.45) is 0.139. The van der Waals surface area contributed by atoms with Crippen LogP contribution in [0, 0.1) is 5.92 Å². The predicted octanol–water partition coefficient (Wildman–Crippen LogP) is 2.03. The van der Waals surface area contributed by atoms with Crippen molar-refractivity contribution in [1.29, 1.82) is 0 Å². The Morgan fingerprint density at radius 3 is 2.36 bits per heavy atom. The standard InChI is InChI=1S/C8H15F2N/c1-8(2,6-3-4-6)11-5-7(9)10/h6-7,11H,3-5H2,1-2H3. The minimum atomic E-state index is -2.23. The van der Waals surface area contributed by atoms with Crippen LogP contribution >= 0.6 is 0 Å². The van der Waals surface area contributed by atoms with Gasteiger partial charge in [0.05, 0.1) is 6.54 Å². The molecule has 1 aliphatic carbocycles. The summed E-state index contributed by atoms with van der Waals surface area (Å²) in [5, 5.41) is 2.87. The maximum atomic E-state index is 11.8. The molecule has 0 aromatic rings. The molecule has 0 atom stereocenters. The van der Waals surface area contributed by atoms with Crippen LogP contribution in [0.4, 0.5) is 8.78 Å². The van der Waals surface area contributed by atoms with Crippen LogP contribution < -0.4 is 5.32 Å². The molecule has 11 heavy (non-hydrogen) atoms. The van der Waals surface area contributed by atoms with Crippen molar-refractivity contribution < 1.29 is 8.78 Å². The van der Waals surface area contributed by atoms with Crippen molar-refractivity contribution in [2.75, 3.05) is 6.54 Å². The van der Waals surface area contributed by atoms with Gasteiger partial charge in [0.2, 0.25) is 0 Å². The molecule has 1 N–H and O–H groups in total. The predicted molar refractivity (Wildman–Crippen MR) is 40.8 cm³/mol. The van der Waals surface area contributed by atoms with Crippen molar-refractivity contribution >= 4 is 0 Å². The molecular formula is C8H15F2N. The lowest BCUT2D eigenvalue weighted by Crippen LogP contribution is -2.43. The van der Waals surface area contributed by atoms with Gasteiger partial charge in [-0.3, -0.25) is 0 Å². The summed E-state index contributed by atoms with van der Waals surface area (Å²) < 4.78 is 23.6. The average Bonchev–Trinajstić information content (AvgIpc) is 2.64. The maximum absolute atomic E-state index is 11.8. The molecule has 1 nitrogen and oxygen atoms in total. The molecule has 0 aliphatic heterocycles. The quantitative estimate of drug-likeness (QED) is 0.668. The Balaban J connectivity index is 2.22. The molecule has 0 unspecified atom stereocenters. The van der Waals surface area contributed by atoms with Gasteiger partial charge in [0.15, 0.2) is 0 Å². The zero-order chi connectivity index (χ0) is 8.48. The lowest BCUT2D eigenvalue weighted by molar-refractivity contribution is 0.130. The molecule has 0 aromatic carbocycles. The molecule has 1 aliphatic rings. The Hall–Kier alpha value is -0.180. The average molecular weight is 163 g/mol. The van der Waals surface area contributed by atoms with Gasteiger partial charge in [0, 0.05) is 5.54 Å². The van der Waals surface area contributed by atoms with Gasteiger partial charge in [-0.2, -0.15) is 0 Å².